The van der Waals surface area contributed by atoms with Crippen LogP contribution < -0.4 is 10.6 Å². The maximum absolute atomic E-state index is 11.6. The van der Waals surface area contributed by atoms with E-state index in [9.17, 15) is 9.90 Å². The Morgan fingerprint density at radius 2 is 2.35 bits per heavy atom. The second-order valence-electron chi connectivity index (χ2n) is 4.44. The number of nitrogens with one attached hydrogen (secondary N) is 2. The van der Waals surface area contributed by atoms with Crippen molar-refractivity contribution in [1.82, 2.24) is 5.32 Å². The van der Waals surface area contributed by atoms with E-state index in [2.05, 4.69) is 10.6 Å². The van der Waals surface area contributed by atoms with Crippen molar-refractivity contribution in [2.45, 2.75) is 12.5 Å². The molecule has 0 aliphatic carbocycles. The van der Waals surface area contributed by atoms with E-state index in [-0.39, 0.29) is 23.9 Å². The maximum Gasteiger partial charge on any atom is 0.250 e. The van der Waals surface area contributed by atoms with Crippen LogP contribution in [-0.4, -0.2) is 36.3 Å². The first-order valence-corrected chi connectivity index (χ1v) is 5.51. The summed E-state index contributed by atoms with van der Waals surface area (Å²) in [5.74, 6) is -0.0948. The summed E-state index contributed by atoms with van der Waals surface area (Å²) in [7, 11) is 0. The van der Waals surface area contributed by atoms with E-state index in [1.807, 2.05) is 6.92 Å². The van der Waals surface area contributed by atoms with E-state index in [0.29, 0.717) is 5.69 Å². The molecule has 0 saturated carbocycles. The molecule has 0 radical (unpaired) electrons. The predicted molar refractivity (Wildman–Crippen MR) is 64.0 cm³/mol. The molecule has 0 atom stereocenters. The van der Waals surface area contributed by atoms with Gasteiger partial charge in [0.1, 0.15) is 12.4 Å². The third-order valence-electron chi connectivity index (χ3n) is 2.68. The molecule has 0 spiro atoms. The molecule has 1 saturated heterocycles. The Balaban J connectivity index is 1.81. The van der Waals surface area contributed by atoms with E-state index in [0.717, 1.165) is 13.1 Å². The van der Waals surface area contributed by atoms with Crippen molar-refractivity contribution < 1.29 is 14.6 Å². The minimum Gasteiger partial charge on any atom is -0.508 e. The topological polar surface area (TPSA) is 70.6 Å². The molecule has 3 N–H and O–H groups in total. The standard InChI is InChI=1S/C12H16N2O3/c1-12(7-13-8-12)17-6-11(16)14-9-3-2-4-10(15)5-9/h2-5,13,15H,6-8H2,1H3,(H,14,16). The molecule has 0 bridgehead atoms. The summed E-state index contributed by atoms with van der Waals surface area (Å²) in [6.07, 6.45) is 0. The number of carbonyl (C=O) groups is 1. The third-order valence-corrected chi connectivity index (χ3v) is 2.68. The van der Waals surface area contributed by atoms with E-state index in [1.165, 1.54) is 6.07 Å². The fraction of sp³-hybridized carbons (Fsp3) is 0.417. The van der Waals surface area contributed by atoms with Crippen molar-refractivity contribution in [3.63, 3.8) is 0 Å². The molecule has 0 aromatic heterocycles. The normalized spacial score (nSPS) is 17.2. The van der Waals surface area contributed by atoms with Gasteiger partial charge < -0.3 is 20.5 Å². The van der Waals surface area contributed by atoms with Crippen LogP contribution in [0.1, 0.15) is 6.92 Å². The van der Waals surface area contributed by atoms with Gasteiger partial charge in [0.2, 0.25) is 5.91 Å². The van der Waals surface area contributed by atoms with Crippen LogP contribution in [0.5, 0.6) is 5.75 Å². The van der Waals surface area contributed by atoms with Gasteiger partial charge >= 0.3 is 0 Å². The lowest BCUT2D eigenvalue weighted by molar-refractivity contribution is -0.130. The largest absolute Gasteiger partial charge is 0.508 e. The van der Waals surface area contributed by atoms with E-state index >= 15 is 0 Å². The van der Waals surface area contributed by atoms with Gasteiger partial charge in [0.05, 0.1) is 5.60 Å². The number of phenolic OH excluding ortho intramolecular Hbond substituents is 1. The first-order valence-electron chi connectivity index (χ1n) is 5.51. The third kappa shape index (κ3) is 3.18. The summed E-state index contributed by atoms with van der Waals surface area (Å²) >= 11 is 0. The van der Waals surface area contributed by atoms with Crippen molar-refractivity contribution in [2.24, 2.45) is 0 Å². The van der Waals surface area contributed by atoms with Gasteiger partial charge in [-0.3, -0.25) is 4.79 Å². The highest BCUT2D eigenvalue weighted by atomic mass is 16.5. The number of phenols is 1. The lowest BCUT2D eigenvalue weighted by atomic mass is 10.0. The first-order chi connectivity index (χ1) is 8.07. The Kier molecular flexibility index (Phi) is 3.31. The lowest BCUT2D eigenvalue weighted by Gasteiger charge is -2.38. The molecular formula is C12H16N2O3. The SMILES string of the molecule is CC1(OCC(=O)Nc2cccc(O)c2)CNC1. The molecular weight excluding hydrogens is 220 g/mol. The highest BCUT2D eigenvalue weighted by Gasteiger charge is 2.32. The molecule has 1 fully saturated rings. The molecule has 2 rings (SSSR count). The van der Waals surface area contributed by atoms with Gasteiger partial charge in [-0.15, -0.1) is 0 Å². The van der Waals surface area contributed by atoms with Crippen molar-refractivity contribution in [2.75, 3.05) is 25.0 Å². The number of hydrogen-bond acceptors (Lipinski definition) is 4. The molecule has 1 amide bonds. The molecule has 1 aliphatic heterocycles. The number of carbonyl (C=O) groups excluding carboxylic acids is 1. The average molecular weight is 236 g/mol. The summed E-state index contributed by atoms with van der Waals surface area (Å²) < 4.78 is 5.49. The Bertz CT molecular complexity index is 416. The Morgan fingerprint density at radius 3 is 2.94 bits per heavy atom. The summed E-state index contributed by atoms with van der Waals surface area (Å²) in [6, 6.07) is 6.42. The predicted octanol–water partition coefficient (Wildman–Crippen LogP) is 0.709. The number of hydrogen-bond donors (Lipinski definition) is 3. The highest BCUT2D eigenvalue weighted by molar-refractivity contribution is 5.91. The van der Waals surface area contributed by atoms with Gasteiger partial charge in [0.15, 0.2) is 0 Å². The number of amides is 1. The first kappa shape index (κ1) is 11.9. The molecule has 1 aliphatic rings. The zero-order valence-corrected chi connectivity index (χ0v) is 9.69. The van der Waals surface area contributed by atoms with Gasteiger partial charge in [0.25, 0.3) is 0 Å². The summed E-state index contributed by atoms with van der Waals surface area (Å²) in [4.78, 5) is 11.6. The van der Waals surface area contributed by atoms with Crippen LogP contribution >= 0.6 is 0 Å². The fourth-order valence-electron chi connectivity index (χ4n) is 1.60. The zero-order chi connectivity index (χ0) is 12.3. The summed E-state index contributed by atoms with van der Waals surface area (Å²) in [6.45, 7) is 3.53. The number of ether oxygens (including phenoxy) is 1. The van der Waals surface area contributed by atoms with Crippen molar-refractivity contribution in [3.8, 4) is 5.75 Å². The number of rotatable bonds is 4. The van der Waals surface area contributed by atoms with Crippen LogP contribution in [-0.2, 0) is 9.53 Å². The minimum atomic E-state index is -0.226. The Hall–Kier alpha value is -1.59. The van der Waals surface area contributed by atoms with Crippen LogP contribution in [0.3, 0.4) is 0 Å². The average Bonchev–Trinajstić information content (AvgIpc) is 2.24. The molecule has 1 aromatic rings. The molecule has 5 nitrogen and oxygen atoms in total. The van der Waals surface area contributed by atoms with Crippen LogP contribution in [0.2, 0.25) is 0 Å². The fourth-order valence-corrected chi connectivity index (χ4v) is 1.60. The van der Waals surface area contributed by atoms with Crippen LogP contribution in [0.25, 0.3) is 0 Å². The van der Waals surface area contributed by atoms with Crippen LogP contribution in [0, 0.1) is 0 Å². The monoisotopic (exact) mass is 236 g/mol. The smallest absolute Gasteiger partial charge is 0.250 e. The van der Waals surface area contributed by atoms with E-state index in [1.54, 1.807) is 18.2 Å². The van der Waals surface area contributed by atoms with Gasteiger partial charge in [-0.05, 0) is 19.1 Å². The zero-order valence-electron chi connectivity index (χ0n) is 9.69. The molecule has 17 heavy (non-hydrogen) atoms. The van der Waals surface area contributed by atoms with Gasteiger partial charge in [-0.1, -0.05) is 6.07 Å². The maximum atomic E-state index is 11.6. The second-order valence-corrected chi connectivity index (χ2v) is 4.44. The molecule has 0 unspecified atom stereocenters. The van der Waals surface area contributed by atoms with E-state index in [4.69, 9.17) is 4.74 Å². The van der Waals surface area contributed by atoms with Crippen LogP contribution in [0.4, 0.5) is 5.69 Å². The number of benzene rings is 1. The second kappa shape index (κ2) is 4.73. The molecule has 92 valence electrons. The molecule has 1 aromatic carbocycles. The highest BCUT2D eigenvalue weighted by Crippen LogP contribution is 2.17. The van der Waals surface area contributed by atoms with Gasteiger partial charge in [-0.25, -0.2) is 0 Å². The van der Waals surface area contributed by atoms with Crippen molar-refractivity contribution in [1.29, 1.82) is 0 Å². The Morgan fingerprint density at radius 1 is 1.59 bits per heavy atom. The molecule has 1 heterocycles. The Labute approximate surface area is 99.8 Å². The minimum absolute atomic E-state index is 0.0217. The van der Waals surface area contributed by atoms with E-state index < -0.39 is 0 Å². The van der Waals surface area contributed by atoms with Gasteiger partial charge in [-0.2, -0.15) is 0 Å². The van der Waals surface area contributed by atoms with Crippen molar-refractivity contribution >= 4 is 11.6 Å². The lowest BCUT2D eigenvalue weighted by Crippen LogP contribution is -2.59. The quantitative estimate of drug-likeness (QED) is 0.720. The molecule has 5 heteroatoms. The van der Waals surface area contributed by atoms with Gasteiger partial charge in [0, 0.05) is 24.8 Å². The summed E-state index contributed by atoms with van der Waals surface area (Å²) in [5, 5.41) is 15.0. The summed E-state index contributed by atoms with van der Waals surface area (Å²) in [5.41, 5.74) is 0.339. The number of anilines is 1. The number of aromatic hydroxyl groups is 1. The van der Waals surface area contributed by atoms with Crippen LogP contribution in [0.15, 0.2) is 24.3 Å². The van der Waals surface area contributed by atoms with Crippen molar-refractivity contribution in [3.05, 3.63) is 24.3 Å².